The highest BCUT2D eigenvalue weighted by Crippen LogP contribution is 2.26. The van der Waals surface area contributed by atoms with E-state index in [-0.39, 0.29) is 0 Å². The summed E-state index contributed by atoms with van der Waals surface area (Å²) in [6.07, 6.45) is 3.82. The van der Waals surface area contributed by atoms with Crippen molar-refractivity contribution in [1.82, 2.24) is 9.78 Å². The Morgan fingerprint density at radius 1 is 1.59 bits per heavy atom. The third kappa shape index (κ3) is 3.58. The van der Waals surface area contributed by atoms with Gasteiger partial charge in [0.25, 0.3) is 0 Å². The molecule has 0 bridgehead atoms. The Morgan fingerprint density at radius 2 is 2.24 bits per heavy atom. The van der Waals surface area contributed by atoms with Crippen molar-refractivity contribution < 1.29 is 5.11 Å². The summed E-state index contributed by atoms with van der Waals surface area (Å²) in [4.78, 5) is 0. The summed E-state index contributed by atoms with van der Waals surface area (Å²) < 4.78 is 1.86. The molecule has 1 heterocycles. The van der Waals surface area contributed by atoms with Gasteiger partial charge in [0.05, 0.1) is 22.0 Å². The third-order valence-electron chi connectivity index (χ3n) is 2.89. The second-order valence-electron chi connectivity index (χ2n) is 4.66. The van der Waals surface area contributed by atoms with Crippen LogP contribution in [0.3, 0.4) is 0 Å². The van der Waals surface area contributed by atoms with Gasteiger partial charge in [-0.25, -0.2) is 0 Å². The highest BCUT2D eigenvalue weighted by Gasteiger charge is 2.24. The maximum absolute atomic E-state index is 10.3. The molecule has 0 fully saturated rings. The van der Waals surface area contributed by atoms with Gasteiger partial charge in [0.1, 0.15) is 0 Å². The lowest BCUT2D eigenvalue weighted by Crippen LogP contribution is -2.28. The number of halogens is 1. The molecular formula is C13H21ClN2O. The predicted molar refractivity (Wildman–Crippen MR) is 71.4 cm³/mol. The first-order valence-corrected chi connectivity index (χ1v) is 6.34. The molecule has 1 aromatic rings. The number of aliphatic hydroxyl groups is 1. The zero-order valence-corrected chi connectivity index (χ0v) is 11.6. The standard InChI is InChI=1S/C13H21ClN2O/c1-5-7-8-13(4,17)9-11-12(14)10(3)15-16(11)6-2/h5,17H,1,6-9H2,2-4H3. The van der Waals surface area contributed by atoms with E-state index in [1.807, 2.05) is 31.5 Å². The van der Waals surface area contributed by atoms with Gasteiger partial charge in [-0.1, -0.05) is 17.7 Å². The molecule has 0 aliphatic carbocycles. The van der Waals surface area contributed by atoms with Crippen LogP contribution in [-0.2, 0) is 13.0 Å². The van der Waals surface area contributed by atoms with E-state index < -0.39 is 5.60 Å². The number of hydrogen-bond acceptors (Lipinski definition) is 2. The van der Waals surface area contributed by atoms with Crippen molar-refractivity contribution in [3.05, 3.63) is 29.1 Å². The van der Waals surface area contributed by atoms with Gasteiger partial charge in [0.15, 0.2) is 0 Å². The number of aryl methyl sites for hydroxylation is 2. The molecule has 3 nitrogen and oxygen atoms in total. The average Bonchev–Trinajstić information content (AvgIpc) is 2.54. The Kier molecular flexibility index (Phi) is 4.78. The van der Waals surface area contributed by atoms with Crippen LogP contribution in [0.1, 0.15) is 38.1 Å². The predicted octanol–water partition coefficient (Wildman–Crippen LogP) is 3.12. The topological polar surface area (TPSA) is 38.1 Å². The van der Waals surface area contributed by atoms with Gasteiger partial charge in [0, 0.05) is 13.0 Å². The minimum absolute atomic E-state index is 0.522. The van der Waals surface area contributed by atoms with E-state index in [1.165, 1.54) is 0 Å². The number of aromatic nitrogens is 2. The number of allylic oxidation sites excluding steroid dienone is 1. The first-order chi connectivity index (χ1) is 7.91. The summed E-state index contributed by atoms with van der Waals surface area (Å²) >= 11 is 6.22. The molecule has 0 amide bonds. The van der Waals surface area contributed by atoms with E-state index >= 15 is 0 Å². The minimum Gasteiger partial charge on any atom is -0.390 e. The summed E-state index contributed by atoms with van der Waals surface area (Å²) in [7, 11) is 0. The molecule has 1 atom stereocenters. The number of hydrogen-bond donors (Lipinski definition) is 1. The van der Waals surface area contributed by atoms with Gasteiger partial charge < -0.3 is 5.11 Å². The number of nitrogens with zero attached hydrogens (tertiary/aromatic N) is 2. The van der Waals surface area contributed by atoms with Gasteiger partial charge in [-0.2, -0.15) is 5.10 Å². The van der Waals surface area contributed by atoms with Crippen LogP contribution >= 0.6 is 11.6 Å². The Labute approximate surface area is 108 Å². The van der Waals surface area contributed by atoms with Crippen LogP contribution in [0.25, 0.3) is 0 Å². The zero-order valence-electron chi connectivity index (χ0n) is 10.8. The van der Waals surface area contributed by atoms with E-state index in [0.29, 0.717) is 17.9 Å². The summed E-state index contributed by atoms with van der Waals surface area (Å²) in [6, 6.07) is 0. The van der Waals surface area contributed by atoms with Crippen molar-refractivity contribution in [2.75, 3.05) is 0 Å². The summed E-state index contributed by atoms with van der Waals surface area (Å²) in [6.45, 7) is 10.2. The largest absolute Gasteiger partial charge is 0.390 e. The molecule has 1 aromatic heterocycles. The van der Waals surface area contributed by atoms with Gasteiger partial charge in [-0.05, 0) is 33.6 Å². The molecule has 1 N–H and O–H groups in total. The summed E-state index contributed by atoms with van der Waals surface area (Å²) in [5.74, 6) is 0. The highest BCUT2D eigenvalue weighted by atomic mass is 35.5. The smallest absolute Gasteiger partial charge is 0.0848 e. The SMILES string of the molecule is C=CCCC(C)(O)Cc1c(Cl)c(C)nn1CC. The summed E-state index contributed by atoms with van der Waals surface area (Å²) in [5.41, 5.74) is 0.973. The van der Waals surface area contributed by atoms with Crippen molar-refractivity contribution in [2.24, 2.45) is 0 Å². The Hall–Kier alpha value is -0.800. The van der Waals surface area contributed by atoms with Crippen molar-refractivity contribution in [1.29, 1.82) is 0 Å². The quantitative estimate of drug-likeness (QED) is 0.794. The van der Waals surface area contributed by atoms with Gasteiger partial charge in [-0.3, -0.25) is 4.68 Å². The molecule has 96 valence electrons. The Morgan fingerprint density at radius 3 is 2.76 bits per heavy atom. The van der Waals surface area contributed by atoms with Crippen molar-refractivity contribution >= 4 is 11.6 Å². The van der Waals surface area contributed by atoms with Crippen molar-refractivity contribution in [2.45, 2.75) is 52.2 Å². The molecule has 0 aliphatic rings. The molecule has 0 aliphatic heterocycles. The average molecular weight is 257 g/mol. The Bertz CT molecular complexity index is 396. The van der Waals surface area contributed by atoms with Crippen LogP contribution in [0.2, 0.25) is 5.02 Å². The van der Waals surface area contributed by atoms with E-state index in [4.69, 9.17) is 11.6 Å². The van der Waals surface area contributed by atoms with Crippen LogP contribution in [-0.4, -0.2) is 20.5 Å². The van der Waals surface area contributed by atoms with E-state index in [2.05, 4.69) is 11.7 Å². The van der Waals surface area contributed by atoms with Crippen molar-refractivity contribution in [3.63, 3.8) is 0 Å². The Balaban J connectivity index is 2.89. The monoisotopic (exact) mass is 256 g/mol. The van der Waals surface area contributed by atoms with Crippen LogP contribution in [0.4, 0.5) is 0 Å². The summed E-state index contributed by atoms with van der Waals surface area (Å²) in [5, 5.41) is 15.3. The zero-order chi connectivity index (χ0) is 13.1. The fourth-order valence-electron chi connectivity index (χ4n) is 1.90. The molecule has 1 unspecified atom stereocenters. The lowest BCUT2D eigenvalue weighted by molar-refractivity contribution is 0.0503. The van der Waals surface area contributed by atoms with Crippen LogP contribution in [0, 0.1) is 6.92 Å². The molecular weight excluding hydrogens is 236 g/mol. The van der Waals surface area contributed by atoms with Crippen molar-refractivity contribution in [3.8, 4) is 0 Å². The maximum atomic E-state index is 10.3. The van der Waals surface area contributed by atoms with Gasteiger partial charge in [-0.15, -0.1) is 6.58 Å². The first-order valence-electron chi connectivity index (χ1n) is 5.96. The second-order valence-corrected chi connectivity index (χ2v) is 5.04. The molecule has 1 rings (SSSR count). The molecule has 4 heteroatoms. The normalized spacial score (nSPS) is 14.6. The van der Waals surface area contributed by atoms with E-state index in [1.54, 1.807) is 0 Å². The molecule has 17 heavy (non-hydrogen) atoms. The van der Waals surface area contributed by atoms with Crippen LogP contribution in [0.15, 0.2) is 12.7 Å². The molecule has 0 saturated heterocycles. The molecule has 0 radical (unpaired) electrons. The lowest BCUT2D eigenvalue weighted by Gasteiger charge is -2.23. The highest BCUT2D eigenvalue weighted by molar-refractivity contribution is 6.31. The van der Waals surface area contributed by atoms with E-state index in [9.17, 15) is 5.11 Å². The molecule has 0 spiro atoms. The maximum Gasteiger partial charge on any atom is 0.0848 e. The molecule has 0 aromatic carbocycles. The first kappa shape index (κ1) is 14.3. The second kappa shape index (κ2) is 5.69. The minimum atomic E-state index is -0.767. The fourth-order valence-corrected chi connectivity index (χ4v) is 2.10. The van der Waals surface area contributed by atoms with Gasteiger partial charge >= 0.3 is 0 Å². The number of rotatable bonds is 6. The van der Waals surface area contributed by atoms with E-state index in [0.717, 1.165) is 24.4 Å². The van der Waals surface area contributed by atoms with Crippen LogP contribution in [0.5, 0.6) is 0 Å². The lowest BCUT2D eigenvalue weighted by atomic mass is 9.94. The fraction of sp³-hybridized carbons (Fsp3) is 0.615. The van der Waals surface area contributed by atoms with Crippen LogP contribution < -0.4 is 0 Å². The molecule has 0 saturated carbocycles. The van der Waals surface area contributed by atoms with Gasteiger partial charge in [0.2, 0.25) is 0 Å². The third-order valence-corrected chi connectivity index (χ3v) is 3.38.